The molecule has 5 nitrogen and oxygen atoms in total. The molecule has 0 bridgehead atoms. The second-order valence-corrected chi connectivity index (χ2v) is 7.27. The second kappa shape index (κ2) is 8.69. The number of carbonyl (C=O) groups excluding carboxylic acids is 1. The summed E-state index contributed by atoms with van der Waals surface area (Å²) in [4.78, 5) is 25.8. The van der Waals surface area contributed by atoms with Gasteiger partial charge in [0.15, 0.2) is 0 Å². The van der Waals surface area contributed by atoms with Gasteiger partial charge in [-0.25, -0.2) is 4.79 Å². The molecule has 0 radical (unpaired) electrons. The molecule has 0 saturated heterocycles. The molecule has 1 atom stereocenters. The minimum atomic E-state index is -1.02. The summed E-state index contributed by atoms with van der Waals surface area (Å²) < 4.78 is 1.74. The van der Waals surface area contributed by atoms with Crippen molar-refractivity contribution in [2.24, 2.45) is 0 Å². The van der Waals surface area contributed by atoms with Crippen LogP contribution in [-0.4, -0.2) is 31.0 Å². The highest BCUT2D eigenvalue weighted by Gasteiger charge is 2.32. The number of aromatic nitrogens is 1. The third-order valence-corrected chi connectivity index (χ3v) is 4.84. The Morgan fingerprint density at radius 3 is 2.31 bits per heavy atom. The fourth-order valence-corrected chi connectivity index (χ4v) is 3.35. The van der Waals surface area contributed by atoms with Gasteiger partial charge in [-0.15, -0.1) is 0 Å². The first kappa shape index (κ1) is 20.3. The average Bonchev–Trinajstić information content (AvgIpc) is 2.70. The van der Waals surface area contributed by atoms with Crippen molar-refractivity contribution in [2.75, 3.05) is 19.0 Å². The molecule has 0 aliphatic carbocycles. The Balaban J connectivity index is 2.09. The van der Waals surface area contributed by atoms with Crippen LogP contribution in [0.25, 0.3) is 23.1 Å². The Morgan fingerprint density at radius 2 is 1.69 bits per heavy atom. The van der Waals surface area contributed by atoms with Crippen LogP contribution in [0, 0.1) is 0 Å². The summed E-state index contributed by atoms with van der Waals surface area (Å²) in [7, 11) is 3.98. The molecule has 0 spiro atoms. The monoisotopic (exact) mass is 389 g/mol. The summed E-state index contributed by atoms with van der Waals surface area (Å²) in [6, 6.07) is 18.6. The quantitative estimate of drug-likeness (QED) is 0.621. The van der Waals surface area contributed by atoms with Crippen LogP contribution in [0.4, 0.5) is 5.69 Å². The molecule has 0 aliphatic heterocycles. The normalized spacial score (nSPS) is 12.2. The summed E-state index contributed by atoms with van der Waals surface area (Å²) in [6.45, 7) is 1.42. The first-order chi connectivity index (χ1) is 13.9. The molecule has 2 aromatic carbocycles. The lowest BCUT2D eigenvalue weighted by atomic mass is 10.1. The Hall–Kier alpha value is -3.47. The zero-order valence-electron chi connectivity index (χ0n) is 16.9. The van der Waals surface area contributed by atoms with E-state index in [4.69, 9.17) is 0 Å². The van der Waals surface area contributed by atoms with Gasteiger partial charge in [0.1, 0.15) is 5.78 Å². The molecule has 148 valence electrons. The van der Waals surface area contributed by atoms with Gasteiger partial charge in [0.2, 0.25) is 11.2 Å². The van der Waals surface area contributed by atoms with Crippen LogP contribution in [0.1, 0.15) is 30.6 Å². The van der Waals surface area contributed by atoms with Gasteiger partial charge >= 0.3 is 5.97 Å². The van der Waals surface area contributed by atoms with E-state index in [1.54, 1.807) is 4.57 Å². The van der Waals surface area contributed by atoms with Crippen LogP contribution >= 0.6 is 0 Å². The summed E-state index contributed by atoms with van der Waals surface area (Å²) in [6.07, 6.45) is 3.78. The molecule has 0 aliphatic rings. The maximum atomic E-state index is 12.0. The Morgan fingerprint density at radius 1 is 1.00 bits per heavy atom. The standard InChI is InChI=1S/C24H24N2O3/c1-17(27)16-23(24(28)29)26-21(15-11-19-6-4-5-7-22(19)26)14-10-18-8-12-20(13-9-18)25(2)3/h4-15,23H,16H2,1-3H3/p+1. The van der Waals surface area contributed by atoms with E-state index in [9.17, 15) is 14.7 Å². The number of anilines is 1. The molecule has 0 amide bonds. The molecule has 0 saturated carbocycles. The van der Waals surface area contributed by atoms with E-state index >= 15 is 0 Å². The fourth-order valence-electron chi connectivity index (χ4n) is 3.35. The predicted molar refractivity (Wildman–Crippen MR) is 116 cm³/mol. The number of ketones is 1. The first-order valence-corrected chi connectivity index (χ1v) is 9.48. The molecule has 3 aromatic rings. The fraction of sp³-hybridized carbons (Fsp3) is 0.208. The number of rotatable bonds is 7. The van der Waals surface area contributed by atoms with Gasteiger partial charge in [-0.3, -0.25) is 4.79 Å². The maximum Gasteiger partial charge on any atom is 0.373 e. The summed E-state index contributed by atoms with van der Waals surface area (Å²) in [5.41, 5.74) is 3.63. The number of pyridine rings is 1. The lowest BCUT2D eigenvalue weighted by Crippen LogP contribution is -2.47. The van der Waals surface area contributed by atoms with E-state index < -0.39 is 12.0 Å². The molecular formula is C24H25N2O3+. The third-order valence-electron chi connectivity index (χ3n) is 4.84. The minimum absolute atomic E-state index is 0.0631. The average molecular weight is 389 g/mol. The molecular weight excluding hydrogens is 364 g/mol. The van der Waals surface area contributed by atoms with Gasteiger partial charge in [0, 0.05) is 43.4 Å². The summed E-state index contributed by atoms with van der Waals surface area (Å²) >= 11 is 0. The Bertz CT molecular complexity index is 1070. The van der Waals surface area contributed by atoms with Gasteiger partial charge in [0.05, 0.1) is 6.42 Å². The number of fused-ring (bicyclic) bond motifs is 1. The highest BCUT2D eigenvalue weighted by Crippen LogP contribution is 2.18. The lowest BCUT2D eigenvalue weighted by molar-refractivity contribution is -0.686. The molecule has 5 heteroatoms. The van der Waals surface area contributed by atoms with Crippen molar-refractivity contribution in [3.05, 3.63) is 71.9 Å². The van der Waals surface area contributed by atoms with E-state index in [-0.39, 0.29) is 12.2 Å². The molecule has 1 heterocycles. The largest absolute Gasteiger partial charge is 0.476 e. The maximum absolute atomic E-state index is 12.0. The van der Waals surface area contributed by atoms with E-state index in [2.05, 4.69) is 0 Å². The van der Waals surface area contributed by atoms with Crippen molar-refractivity contribution < 1.29 is 19.3 Å². The Labute approximate surface area is 170 Å². The number of hydrogen-bond acceptors (Lipinski definition) is 3. The van der Waals surface area contributed by atoms with Crippen molar-refractivity contribution in [3.8, 4) is 0 Å². The number of para-hydroxylation sites is 1. The molecule has 1 N–H and O–H groups in total. The van der Waals surface area contributed by atoms with Crippen LogP contribution in [0.5, 0.6) is 0 Å². The lowest BCUT2D eigenvalue weighted by Gasteiger charge is -2.12. The number of carboxylic acids is 1. The molecule has 3 rings (SSSR count). The van der Waals surface area contributed by atoms with Gasteiger partial charge in [-0.2, -0.15) is 4.57 Å². The summed E-state index contributed by atoms with van der Waals surface area (Å²) in [5, 5.41) is 10.8. The van der Waals surface area contributed by atoms with Gasteiger partial charge < -0.3 is 10.0 Å². The zero-order chi connectivity index (χ0) is 21.0. The SMILES string of the molecule is CC(=O)CC(C(=O)O)[n+]1c(/C=C/c2ccc(N(C)C)cc2)ccc2ccccc21. The third kappa shape index (κ3) is 4.69. The number of benzene rings is 2. The summed E-state index contributed by atoms with van der Waals surface area (Å²) in [5.74, 6) is -1.18. The highest BCUT2D eigenvalue weighted by molar-refractivity contribution is 5.83. The topological polar surface area (TPSA) is 61.5 Å². The van der Waals surface area contributed by atoms with Gasteiger partial charge in [-0.1, -0.05) is 24.3 Å². The van der Waals surface area contributed by atoms with Crippen LogP contribution in [0.2, 0.25) is 0 Å². The number of Topliss-reactive ketones (excluding diaryl/α,β-unsaturated/α-hetero) is 1. The van der Waals surface area contributed by atoms with E-state index in [1.807, 2.05) is 91.8 Å². The first-order valence-electron chi connectivity index (χ1n) is 9.48. The van der Waals surface area contributed by atoms with Gasteiger partial charge in [-0.05, 0) is 42.8 Å². The highest BCUT2D eigenvalue weighted by atomic mass is 16.4. The van der Waals surface area contributed by atoms with Crippen molar-refractivity contribution in [3.63, 3.8) is 0 Å². The van der Waals surface area contributed by atoms with Crippen molar-refractivity contribution in [1.82, 2.24) is 0 Å². The van der Waals surface area contributed by atoms with E-state index in [0.717, 1.165) is 27.8 Å². The minimum Gasteiger partial charge on any atom is -0.476 e. The van der Waals surface area contributed by atoms with Crippen molar-refractivity contribution in [1.29, 1.82) is 0 Å². The Kier molecular flexibility index (Phi) is 6.07. The van der Waals surface area contributed by atoms with Crippen molar-refractivity contribution in [2.45, 2.75) is 19.4 Å². The van der Waals surface area contributed by atoms with E-state index in [0.29, 0.717) is 0 Å². The van der Waals surface area contributed by atoms with Crippen LogP contribution in [-0.2, 0) is 9.59 Å². The van der Waals surface area contributed by atoms with Crippen LogP contribution in [0.15, 0.2) is 60.7 Å². The molecule has 1 aromatic heterocycles. The van der Waals surface area contributed by atoms with Crippen LogP contribution in [0.3, 0.4) is 0 Å². The van der Waals surface area contributed by atoms with Gasteiger partial charge in [0.25, 0.3) is 6.04 Å². The molecule has 0 fully saturated rings. The number of aliphatic carboxylic acids is 1. The van der Waals surface area contributed by atoms with E-state index in [1.165, 1.54) is 6.92 Å². The number of carboxylic acid groups (broad SMARTS) is 1. The second-order valence-electron chi connectivity index (χ2n) is 7.27. The number of carbonyl (C=O) groups is 2. The number of nitrogens with zero attached hydrogens (tertiary/aromatic N) is 2. The van der Waals surface area contributed by atoms with Crippen LogP contribution < -0.4 is 9.47 Å². The smallest absolute Gasteiger partial charge is 0.373 e. The number of hydrogen-bond donors (Lipinski definition) is 1. The molecule has 1 unspecified atom stereocenters. The predicted octanol–water partition coefficient (Wildman–Crippen LogP) is 3.97. The molecule has 29 heavy (non-hydrogen) atoms. The zero-order valence-corrected chi connectivity index (χ0v) is 16.9. The van der Waals surface area contributed by atoms with Crippen molar-refractivity contribution >= 4 is 40.5 Å².